The van der Waals surface area contributed by atoms with E-state index in [4.69, 9.17) is 0 Å². The van der Waals surface area contributed by atoms with Crippen LogP contribution in [0.5, 0.6) is 0 Å². The molecule has 4 atom stereocenters. The molecule has 5 nitrogen and oxygen atoms in total. The topological polar surface area (TPSA) is 61.4 Å². The summed E-state index contributed by atoms with van der Waals surface area (Å²) < 4.78 is 0. The van der Waals surface area contributed by atoms with Crippen LogP contribution in [0.25, 0.3) is 0 Å². The van der Waals surface area contributed by atoms with E-state index in [1.54, 1.807) is 0 Å². The molecule has 3 heterocycles. The molecule has 5 rings (SSSR count). The van der Waals surface area contributed by atoms with Crippen molar-refractivity contribution in [3.05, 3.63) is 70.3 Å². The summed E-state index contributed by atoms with van der Waals surface area (Å²) in [6.45, 7) is 5.76. The molecule has 0 saturated carbocycles. The van der Waals surface area contributed by atoms with Gasteiger partial charge in [0.05, 0.1) is 18.0 Å². The zero-order valence-corrected chi connectivity index (χ0v) is 18.4. The fourth-order valence-electron chi connectivity index (χ4n) is 5.78. The van der Waals surface area contributed by atoms with E-state index in [0.717, 1.165) is 61.0 Å². The fraction of sp³-hybridized carbons (Fsp3) is 0.462. The highest BCUT2D eigenvalue weighted by Crippen LogP contribution is 2.43. The van der Waals surface area contributed by atoms with E-state index in [0.29, 0.717) is 0 Å². The average Bonchev–Trinajstić information content (AvgIpc) is 2.79. The first-order valence-electron chi connectivity index (χ1n) is 11.6. The van der Waals surface area contributed by atoms with Crippen LogP contribution in [0.1, 0.15) is 70.9 Å². The molecule has 2 saturated heterocycles. The van der Waals surface area contributed by atoms with Crippen LogP contribution in [0, 0.1) is 12.8 Å². The van der Waals surface area contributed by atoms with Gasteiger partial charge in [0.1, 0.15) is 0 Å². The van der Waals surface area contributed by atoms with Gasteiger partial charge in [0.2, 0.25) is 5.91 Å². The largest absolute Gasteiger partial charge is 0.346 e. The highest BCUT2D eigenvalue weighted by Gasteiger charge is 2.46. The monoisotopic (exact) mass is 417 g/mol. The van der Waals surface area contributed by atoms with Crippen LogP contribution in [-0.2, 0) is 11.2 Å². The first-order chi connectivity index (χ1) is 15.0. The van der Waals surface area contributed by atoms with Crippen LogP contribution >= 0.6 is 0 Å². The summed E-state index contributed by atoms with van der Waals surface area (Å²) in [5.74, 6) is 0.315. The Kier molecular flexibility index (Phi) is 5.30. The first-order valence-corrected chi connectivity index (χ1v) is 11.6. The molecule has 0 spiro atoms. The third-order valence-electron chi connectivity index (χ3n) is 7.41. The number of piperidine rings is 2. The molecule has 0 bridgehead atoms. The predicted molar refractivity (Wildman–Crippen MR) is 121 cm³/mol. The predicted octanol–water partition coefficient (Wildman–Crippen LogP) is 3.68. The molecule has 31 heavy (non-hydrogen) atoms. The lowest BCUT2D eigenvalue weighted by Gasteiger charge is -2.49. The van der Waals surface area contributed by atoms with Crippen LogP contribution in [0.3, 0.4) is 0 Å². The average molecular weight is 418 g/mol. The second-order valence-corrected chi connectivity index (χ2v) is 9.28. The van der Waals surface area contributed by atoms with E-state index in [9.17, 15) is 9.59 Å². The molecule has 0 radical (unpaired) electrons. The van der Waals surface area contributed by atoms with E-state index in [2.05, 4.69) is 27.7 Å². The van der Waals surface area contributed by atoms with Gasteiger partial charge >= 0.3 is 0 Å². The number of hydrogen-bond donors (Lipinski definition) is 2. The third-order valence-corrected chi connectivity index (χ3v) is 7.41. The van der Waals surface area contributed by atoms with Crippen molar-refractivity contribution in [3.63, 3.8) is 0 Å². The summed E-state index contributed by atoms with van der Waals surface area (Å²) in [5, 5.41) is 6.79. The Bertz CT molecular complexity index is 1000. The summed E-state index contributed by atoms with van der Waals surface area (Å²) in [7, 11) is 0. The van der Waals surface area contributed by atoms with Crippen LogP contribution < -0.4 is 10.6 Å². The van der Waals surface area contributed by atoms with Crippen LogP contribution in [0.4, 0.5) is 0 Å². The number of carbonyl (C=O) groups is 2. The normalized spacial score (nSPS) is 25.8. The second kappa shape index (κ2) is 8.12. The Morgan fingerprint density at radius 1 is 1.19 bits per heavy atom. The number of fused-ring (bicyclic) bond motifs is 4. The summed E-state index contributed by atoms with van der Waals surface area (Å²) in [6, 6.07) is 14.4. The molecule has 162 valence electrons. The zero-order valence-electron chi connectivity index (χ0n) is 18.4. The molecule has 2 amide bonds. The number of carbonyl (C=O) groups excluding carboxylic acids is 2. The minimum absolute atomic E-state index is 0.0178. The molecule has 0 aromatic heterocycles. The Hall–Kier alpha value is -2.66. The van der Waals surface area contributed by atoms with Gasteiger partial charge in [-0.1, -0.05) is 42.5 Å². The van der Waals surface area contributed by atoms with Gasteiger partial charge in [-0.05, 0) is 68.3 Å². The quantitative estimate of drug-likeness (QED) is 0.801. The van der Waals surface area contributed by atoms with E-state index in [1.807, 2.05) is 44.2 Å². The van der Waals surface area contributed by atoms with Gasteiger partial charge in [0.15, 0.2) is 0 Å². The molecular formula is C26H31N3O2. The number of nitrogens with one attached hydrogen (secondary N) is 2. The number of benzene rings is 2. The Labute approximate surface area is 184 Å². The highest BCUT2D eigenvalue weighted by atomic mass is 16.2. The summed E-state index contributed by atoms with van der Waals surface area (Å²) >= 11 is 0. The van der Waals surface area contributed by atoms with Gasteiger partial charge in [-0.2, -0.15) is 0 Å². The van der Waals surface area contributed by atoms with Gasteiger partial charge in [0, 0.05) is 18.2 Å². The Morgan fingerprint density at radius 2 is 2.00 bits per heavy atom. The maximum Gasteiger partial charge on any atom is 0.252 e. The lowest BCUT2D eigenvalue weighted by Crippen LogP contribution is -2.58. The standard InChI is InChI=1S/C26H31N3O2/c1-16-10-11-19-12-14-29-22(15-21-20(26(29)31)9-6-13-27-21)24(19)23(16)25(30)28-17(2)18-7-4-3-5-8-18/h3-5,7-8,10-11,17,20-22,27H,6,9,12-15H2,1-2H3,(H,28,30)/t17-,20+,21+,22-/m1/s1. The number of aryl methyl sites for hydroxylation is 1. The molecule has 2 fully saturated rings. The van der Waals surface area contributed by atoms with Gasteiger partial charge < -0.3 is 15.5 Å². The van der Waals surface area contributed by atoms with Crippen LogP contribution in [-0.4, -0.2) is 35.8 Å². The van der Waals surface area contributed by atoms with Crippen LogP contribution in [0.15, 0.2) is 42.5 Å². The summed E-state index contributed by atoms with van der Waals surface area (Å²) in [5.41, 5.74) is 5.11. The van der Waals surface area contributed by atoms with E-state index >= 15 is 0 Å². The van der Waals surface area contributed by atoms with Crippen molar-refractivity contribution in [1.82, 2.24) is 15.5 Å². The molecule has 2 aromatic rings. The molecule has 3 aliphatic heterocycles. The molecule has 2 N–H and O–H groups in total. The molecular weight excluding hydrogens is 386 g/mol. The van der Waals surface area contributed by atoms with Crippen molar-refractivity contribution in [2.24, 2.45) is 5.92 Å². The fourth-order valence-corrected chi connectivity index (χ4v) is 5.78. The summed E-state index contributed by atoms with van der Waals surface area (Å²) in [6.07, 6.45) is 3.74. The van der Waals surface area contributed by atoms with Gasteiger partial charge in [0.25, 0.3) is 5.91 Å². The number of nitrogens with zero attached hydrogens (tertiary/aromatic N) is 1. The molecule has 5 heteroatoms. The molecule has 3 aliphatic rings. The first kappa shape index (κ1) is 20.3. The lowest BCUT2D eigenvalue weighted by atomic mass is 9.75. The molecule has 0 unspecified atom stereocenters. The number of hydrogen-bond acceptors (Lipinski definition) is 3. The maximum atomic E-state index is 13.5. The smallest absolute Gasteiger partial charge is 0.252 e. The summed E-state index contributed by atoms with van der Waals surface area (Å²) in [4.78, 5) is 28.9. The van der Waals surface area contributed by atoms with E-state index in [1.165, 1.54) is 5.56 Å². The number of rotatable bonds is 3. The lowest BCUT2D eigenvalue weighted by molar-refractivity contribution is -0.145. The van der Waals surface area contributed by atoms with Crippen molar-refractivity contribution in [1.29, 1.82) is 0 Å². The van der Waals surface area contributed by atoms with Gasteiger partial charge in [-0.3, -0.25) is 9.59 Å². The van der Waals surface area contributed by atoms with Gasteiger partial charge in [-0.25, -0.2) is 0 Å². The van der Waals surface area contributed by atoms with Gasteiger partial charge in [-0.15, -0.1) is 0 Å². The van der Waals surface area contributed by atoms with Crippen molar-refractivity contribution < 1.29 is 9.59 Å². The molecule has 2 aromatic carbocycles. The third kappa shape index (κ3) is 3.55. The van der Waals surface area contributed by atoms with Crippen molar-refractivity contribution in [2.75, 3.05) is 13.1 Å². The Morgan fingerprint density at radius 3 is 2.81 bits per heavy atom. The maximum absolute atomic E-state index is 13.5. The minimum Gasteiger partial charge on any atom is -0.346 e. The minimum atomic E-state index is -0.0824. The second-order valence-electron chi connectivity index (χ2n) is 9.28. The van der Waals surface area contributed by atoms with Crippen molar-refractivity contribution >= 4 is 11.8 Å². The zero-order chi connectivity index (χ0) is 21.5. The molecule has 0 aliphatic carbocycles. The van der Waals surface area contributed by atoms with Crippen molar-refractivity contribution in [2.45, 2.75) is 57.7 Å². The number of amides is 2. The highest BCUT2D eigenvalue weighted by molar-refractivity contribution is 5.98. The SMILES string of the molecule is Cc1ccc2c(c1C(=O)N[C@H](C)c1ccccc1)[C@H]1C[C@@H]3NCCC[C@@H]3C(=O)N1CC2. The van der Waals surface area contributed by atoms with Crippen LogP contribution in [0.2, 0.25) is 0 Å². The Balaban J connectivity index is 1.49. The van der Waals surface area contributed by atoms with E-state index < -0.39 is 0 Å². The van der Waals surface area contributed by atoms with Crippen molar-refractivity contribution in [3.8, 4) is 0 Å². The van der Waals surface area contributed by atoms with E-state index in [-0.39, 0.29) is 35.9 Å².